The van der Waals surface area contributed by atoms with Gasteiger partial charge in [0.25, 0.3) is 0 Å². The van der Waals surface area contributed by atoms with E-state index in [1.807, 2.05) is 30.3 Å². The lowest BCUT2D eigenvalue weighted by atomic mass is 10.2. The highest BCUT2D eigenvalue weighted by atomic mass is 127. The van der Waals surface area contributed by atoms with E-state index < -0.39 is 5.97 Å². The van der Waals surface area contributed by atoms with Crippen LogP contribution in [0.2, 0.25) is 0 Å². The Morgan fingerprint density at radius 2 is 2.10 bits per heavy atom. The molecule has 3 rings (SSSR count). The van der Waals surface area contributed by atoms with Gasteiger partial charge in [-0.3, -0.25) is 0 Å². The normalized spacial score (nSPS) is 16.4. The van der Waals surface area contributed by atoms with Gasteiger partial charge in [-0.05, 0) is 52.9 Å². The molecule has 1 aliphatic heterocycles. The average Bonchev–Trinajstić information content (AvgIpc) is 2.97. The predicted octanol–water partition coefficient (Wildman–Crippen LogP) is 3.99. The van der Waals surface area contributed by atoms with E-state index in [0.29, 0.717) is 11.7 Å². The van der Waals surface area contributed by atoms with Crippen LogP contribution in [0.15, 0.2) is 56.0 Å². The first kappa shape index (κ1) is 13.6. The highest BCUT2D eigenvalue weighted by Gasteiger charge is 2.24. The maximum atomic E-state index is 11.8. The first-order valence-corrected chi connectivity index (χ1v) is 7.53. The molecule has 0 aliphatic carbocycles. The van der Waals surface area contributed by atoms with Crippen molar-refractivity contribution in [1.29, 1.82) is 0 Å². The van der Waals surface area contributed by atoms with E-state index in [1.54, 1.807) is 12.1 Å². The number of benzene rings is 1. The molecule has 0 atom stereocenters. The van der Waals surface area contributed by atoms with Gasteiger partial charge in [-0.2, -0.15) is 0 Å². The highest BCUT2D eigenvalue weighted by molar-refractivity contribution is 14.1. The number of cyclic esters (lactones) is 1. The molecule has 6 heteroatoms. The zero-order chi connectivity index (χ0) is 14.1. The van der Waals surface area contributed by atoms with Crippen molar-refractivity contribution < 1.29 is 13.9 Å². The zero-order valence-corrected chi connectivity index (χ0v) is 13.7. The third-order valence-corrected chi connectivity index (χ3v) is 3.64. The number of hydrogen-bond donors (Lipinski definition) is 0. The second-order valence-electron chi connectivity index (χ2n) is 3.99. The zero-order valence-electron chi connectivity index (χ0n) is 9.97. The van der Waals surface area contributed by atoms with Gasteiger partial charge in [0.2, 0.25) is 5.90 Å². The van der Waals surface area contributed by atoms with Crippen molar-refractivity contribution in [2.45, 2.75) is 0 Å². The van der Waals surface area contributed by atoms with Gasteiger partial charge in [0.05, 0.1) is 0 Å². The summed E-state index contributed by atoms with van der Waals surface area (Å²) >= 11 is 5.43. The smallest absolute Gasteiger partial charge is 0.363 e. The van der Waals surface area contributed by atoms with E-state index in [0.717, 1.165) is 13.8 Å². The molecule has 0 fully saturated rings. The molecule has 0 amide bonds. The monoisotopic (exact) mass is 443 g/mol. The number of hydrogen-bond acceptors (Lipinski definition) is 4. The van der Waals surface area contributed by atoms with Crippen molar-refractivity contribution in [2.75, 3.05) is 0 Å². The maximum Gasteiger partial charge on any atom is 0.363 e. The van der Waals surface area contributed by atoms with Crippen molar-refractivity contribution in [3.05, 3.63) is 61.7 Å². The largest absolute Gasteiger partial charge is 0.451 e. The van der Waals surface area contributed by atoms with Crippen LogP contribution in [0, 0.1) is 3.77 Å². The van der Waals surface area contributed by atoms with Gasteiger partial charge in [0, 0.05) is 16.1 Å². The molecule has 2 heterocycles. The standard InChI is InChI=1S/C14H7BrINO3/c15-9-3-1-2-8(6-9)13-17-11(14(18)20-13)7-10-4-5-12(16)19-10/h1-7H/b11-7-. The third kappa shape index (κ3) is 2.85. The molecule has 0 bridgehead atoms. The molecule has 0 radical (unpaired) electrons. The number of carbonyl (C=O) groups excluding carboxylic acids is 1. The fourth-order valence-corrected chi connectivity index (χ4v) is 2.53. The highest BCUT2D eigenvalue weighted by Crippen LogP contribution is 2.22. The molecule has 0 saturated heterocycles. The molecule has 100 valence electrons. The fourth-order valence-electron chi connectivity index (χ4n) is 1.69. The van der Waals surface area contributed by atoms with E-state index in [4.69, 9.17) is 9.15 Å². The van der Waals surface area contributed by atoms with E-state index >= 15 is 0 Å². The number of rotatable bonds is 2. The van der Waals surface area contributed by atoms with Gasteiger partial charge in [0.1, 0.15) is 5.76 Å². The summed E-state index contributed by atoms with van der Waals surface area (Å²) in [5.74, 6) is 0.385. The first-order chi connectivity index (χ1) is 9.61. The summed E-state index contributed by atoms with van der Waals surface area (Å²) < 4.78 is 12.2. The molecule has 20 heavy (non-hydrogen) atoms. The predicted molar refractivity (Wildman–Crippen MR) is 86.2 cm³/mol. The number of aliphatic imine (C=N–C) groups is 1. The van der Waals surface area contributed by atoms with Crippen molar-refractivity contribution >= 4 is 56.5 Å². The summed E-state index contributed by atoms with van der Waals surface area (Å²) in [6, 6.07) is 11.0. The van der Waals surface area contributed by atoms with E-state index in [9.17, 15) is 4.79 Å². The molecule has 0 N–H and O–H groups in total. The summed E-state index contributed by atoms with van der Waals surface area (Å²) in [6.07, 6.45) is 1.56. The Morgan fingerprint density at radius 3 is 2.80 bits per heavy atom. The van der Waals surface area contributed by atoms with Crippen LogP contribution < -0.4 is 0 Å². The lowest BCUT2D eigenvalue weighted by Gasteiger charge is -1.99. The lowest BCUT2D eigenvalue weighted by molar-refractivity contribution is -0.129. The molecule has 0 unspecified atom stereocenters. The van der Waals surface area contributed by atoms with Crippen molar-refractivity contribution in [3.63, 3.8) is 0 Å². The van der Waals surface area contributed by atoms with E-state index in [-0.39, 0.29) is 5.70 Å². The van der Waals surface area contributed by atoms with E-state index in [2.05, 4.69) is 43.5 Å². The molecular formula is C14H7BrINO3. The number of ether oxygens (including phenoxy) is 1. The Bertz CT molecular complexity index is 748. The Balaban J connectivity index is 1.94. The lowest BCUT2D eigenvalue weighted by Crippen LogP contribution is -2.05. The molecule has 1 aliphatic rings. The Morgan fingerprint density at radius 1 is 1.25 bits per heavy atom. The van der Waals surface area contributed by atoms with Gasteiger partial charge in [-0.15, -0.1) is 0 Å². The van der Waals surface area contributed by atoms with Crippen LogP contribution >= 0.6 is 38.5 Å². The summed E-state index contributed by atoms with van der Waals surface area (Å²) in [4.78, 5) is 16.0. The minimum atomic E-state index is -0.480. The SMILES string of the molecule is O=C1OC(c2cccc(Br)c2)=N/C1=C\c1ccc(I)o1. The molecule has 4 nitrogen and oxygen atoms in total. The Labute approximate surface area is 136 Å². The molecule has 1 aromatic heterocycles. The summed E-state index contributed by atoms with van der Waals surface area (Å²) in [5.41, 5.74) is 0.968. The first-order valence-electron chi connectivity index (χ1n) is 5.66. The molecule has 1 aromatic carbocycles. The minimum absolute atomic E-state index is 0.228. The van der Waals surface area contributed by atoms with Crippen LogP contribution in [-0.2, 0) is 9.53 Å². The minimum Gasteiger partial charge on any atom is -0.451 e. The van der Waals surface area contributed by atoms with Crippen molar-refractivity contribution in [1.82, 2.24) is 0 Å². The molecule has 2 aromatic rings. The number of carbonyl (C=O) groups is 1. The van der Waals surface area contributed by atoms with Crippen molar-refractivity contribution in [2.24, 2.45) is 4.99 Å². The van der Waals surface area contributed by atoms with Crippen LogP contribution in [0.1, 0.15) is 11.3 Å². The average molecular weight is 444 g/mol. The molecule has 0 saturated carbocycles. The van der Waals surface area contributed by atoms with Gasteiger partial charge in [-0.1, -0.05) is 22.0 Å². The second kappa shape index (κ2) is 5.53. The van der Waals surface area contributed by atoms with Gasteiger partial charge in [-0.25, -0.2) is 9.79 Å². The number of halogens is 2. The summed E-state index contributed by atoms with van der Waals surface area (Å²) in [5, 5.41) is 0. The number of esters is 1. The van der Waals surface area contributed by atoms with Gasteiger partial charge < -0.3 is 9.15 Å². The topological polar surface area (TPSA) is 51.8 Å². The number of nitrogens with zero attached hydrogens (tertiary/aromatic N) is 1. The second-order valence-corrected chi connectivity index (χ2v) is 5.97. The van der Waals surface area contributed by atoms with E-state index in [1.165, 1.54) is 0 Å². The maximum absolute atomic E-state index is 11.8. The van der Waals surface area contributed by atoms with Gasteiger partial charge in [0.15, 0.2) is 9.46 Å². The Kier molecular flexibility index (Phi) is 3.75. The van der Waals surface area contributed by atoms with Crippen LogP contribution in [0.3, 0.4) is 0 Å². The third-order valence-electron chi connectivity index (χ3n) is 2.57. The van der Waals surface area contributed by atoms with Crippen LogP contribution in [0.5, 0.6) is 0 Å². The summed E-state index contributed by atoms with van der Waals surface area (Å²) in [7, 11) is 0. The fraction of sp³-hybridized carbons (Fsp3) is 0. The molecular weight excluding hydrogens is 437 g/mol. The molecule has 0 spiro atoms. The van der Waals surface area contributed by atoms with Crippen LogP contribution in [-0.4, -0.2) is 11.9 Å². The quantitative estimate of drug-likeness (QED) is 0.400. The van der Waals surface area contributed by atoms with Crippen LogP contribution in [0.25, 0.3) is 6.08 Å². The summed E-state index contributed by atoms with van der Waals surface area (Å²) in [6.45, 7) is 0. The Hall–Kier alpha value is -1.41. The number of furan rings is 1. The van der Waals surface area contributed by atoms with Gasteiger partial charge >= 0.3 is 5.97 Å². The van der Waals surface area contributed by atoms with Crippen LogP contribution in [0.4, 0.5) is 0 Å². The van der Waals surface area contributed by atoms with Crippen molar-refractivity contribution in [3.8, 4) is 0 Å².